The molecule has 2 rings (SSSR count). The summed E-state index contributed by atoms with van der Waals surface area (Å²) in [5.41, 5.74) is -0.686. The molecule has 1 aliphatic rings. The van der Waals surface area contributed by atoms with Crippen LogP contribution in [0.25, 0.3) is 0 Å². The van der Waals surface area contributed by atoms with E-state index in [9.17, 15) is 27.9 Å². The van der Waals surface area contributed by atoms with E-state index in [1.807, 2.05) is 0 Å². The van der Waals surface area contributed by atoms with Crippen molar-refractivity contribution in [3.63, 3.8) is 0 Å². The molecule has 114 valence electrons. The van der Waals surface area contributed by atoms with E-state index in [0.29, 0.717) is 12.8 Å². The number of carbonyl (C=O) groups excluding carboxylic acids is 1. The summed E-state index contributed by atoms with van der Waals surface area (Å²) in [6, 6.07) is 2.48. The predicted molar refractivity (Wildman–Crippen MR) is 67.4 cm³/mol. The van der Waals surface area contributed by atoms with E-state index >= 15 is 0 Å². The second-order valence-electron chi connectivity index (χ2n) is 5.02. The summed E-state index contributed by atoms with van der Waals surface area (Å²) < 4.78 is 37.6. The molecule has 21 heavy (non-hydrogen) atoms. The minimum absolute atomic E-state index is 0.147. The maximum absolute atomic E-state index is 12.5. The topological polar surface area (TPSA) is 57.6 Å². The Morgan fingerprint density at radius 1 is 1.24 bits per heavy atom. The zero-order chi connectivity index (χ0) is 15.8. The minimum Gasteiger partial charge on any atom is -0.479 e. The van der Waals surface area contributed by atoms with Crippen LogP contribution in [0.4, 0.5) is 13.2 Å². The van der Waals surface area contributed by atoms with Crippen molar-refractivity contribution in [3.8, 4) is 0 Å². The van der Waals surface area contributed by atoms with E-state index in [0.717, 1.165) is 24.3 Å². The summed E-state index contributed by atoms with van der Waals surface area (Å²) in [7, 11) is 0. The van der Waals surface area contributed by atoms with Gasteiger partial charge in [0, 0.05) is 13.0 Å². The van der Waals surface area contributed by atoms with Crippen LogP contribution in [0.15, 0.2) is 24.3 Å². The van der Waals surface area contributed by atoms with Gasteiger partial charge in [-0.05, 0) is 30.5 Å². The van der Waals surface area contributed by atoms with E-state index in [2.05, 4.69) is 0 Å². The van der Waals surface area contributed by atoms with Crippen molar-refractivity contribution in [1.82, 2.24) is 4.90 Å². The molecule has 1 atom stereocenters. The number of benzene rings is 1. The lowest BCUT2D eigenvalue weighted by Gasteiger charge is -2.28. The van der Waals surface area contributed by atoms with Gasteiger partial charge < -0.3 is 10.0 Å². The first-order chi connectivity index (χ1) is 9.71. The number of hydrogen-bond acceptors (Lipinski definition) is 2. The van der Waals surface area contributed by atoms with Crippen molar-refractivity contribution in [2.45, 2.75) is 38.0 Å². The van der Waals surface area contributed by atoms with Crippen molar-refractivity contribution in [2.24, 2.45) is 0 Å². The molecule has 1 saturated carbocycles. The van der Waals surface area contributed by atoms with E-state index in [4.69, 9.17) is 0 Å². The molecule has 1 unspecified atom stereocenters. The molecule has 1 aliphatic carbocycles. The van der Waals surface area contributed by atoms with Gasteiger partial charge in [0.05, 0.1) is 5.56 Å². The quantitative estimate of drug-likeness (QED) is 0.930. The molecule has 1 N–H and O–H groups in total. The third-order valence-electron chi connectivity index (χ3n) is 3.37. The zero-order valence-corrected chi connectivity index (χ0v) is 11.2. The molecule has 4 nitrogen and oxygen atoms in total. The molecule has 1 fully saturated rings. The van der Waals surface area contributed by atoms with Crippen molar-refractivity contribution >= 4 is 11.9 Å². The summed E-state index contributed by atoms with van der Waals surface area (Å²) in [5.74, 6) is -1.65. The van der Waals surface area contributed by atoms with Crippen molar-refractivity contribution in [2.75, 3.05) is 0 Å². The number of rotatable bonds is 4. The molecule has 1 amide bonds. The molecule has 0 bridgehead atoms. The third-order valence-corrected chi connectivity index (χ3v) is 3.37. The molecule has 7 heteroatoms. The fraction of sp³-hybridized carbons (Fsp3) is 0.429. The predicted octanol–water partition coefficient (Wildman–Crippen LogP) is 2.84. The smallest absolute Gasteiger partial charge is 0.416 e. The summed E-state index contributed by atoms with van der Waals surface area (Å²) in [6.07, 6.45) is -3.05. The average Bonchev–Trinajstić information content (AvgIpc) is 3.18. The Hall–Kier alpha value is -2.05. The summed E-state index contributed by atoms with van der Waals surface area (Å²) in [4.78, 5) is 24.3. The lowest BCUT2D eigenvalue weighted by molar-refractivity contribution is -0.150. The van der Waals surface area contributed by atoms with Gasteiger partial charge >= 0.3 is 12.1 Å². The fourth-order valence-electron chi connectivity index (χ4n) is 2.28. The molecule has 1 aromatic rings. The van der Waals surface area contributed by atoms with Gasteiger partial charge in [0.2, 0.25) is 5.91 Å². The highest BCUT2D eigenvalue weighted by Gasteiger charge is 2.40. The maximum Gasteiger partial charge on any atom is 0.416 e. The first kappa shape index (κ1) is 15.3. The van der Waals surface area contributed by atoms with Gasteiger partial charge in [-0.3, -0.25) is 4.79 Å². The Balaban J connectivity index is 2.34. The van der Waals surface area contributed by atoms with Gasteiger partial charge in [0.15, 0.2) is 6.04 Å². The number of carbonyl (C=O) groups is 2. The Morgan fingerprint density at radius 2 is 1.76 bits per heavy atom. The fourth-order valence-corrected chi connectivity index (χ4v) is 2.28. The van der Waals surface area contributed by atoms with Gasteiger partial charge in [0.25, 0.3) is 0 Å². The summed E-state index contributed by atoms with van der Waals surface area (Å²) in [5, 5.41) is 9.34. The average molecular weight is 301 g/mol. The van der Waals surface area contributed by atoms with Crippen molar-refractivity contribution in [1.29, 1.82) is 0 Å². The highest BCUT2D eigenvalue weighted by molar-refractivity contribution is 5.84. The molecule has 0 spiro atoms. The van der Waals surface area contributed by atoms with Gasteiger partial charge in [0.1, 0.15) is 0 Å². The summed E-state index contributed by atoms with van der Waals surface area (Å²) >= 11 is 0. The monoisotopic (exact) mass is 301 g/mol. The van der Waals surface area contributed by atoms with E-state index < -0.39 is 29.7 Å². The number of halogens is 3. The van der Waals surface area contributed by atoms with Crippen LogP contribution in [-0.4, -0.2) is 27.9 Å². The number of carboxylic acids is 1. The van der Waals surface area contributed by atoms with Crippen molar-refractivity contribution < 1.29 is 27.9 Å². The van der Waals surface area contributed by atoms with E-state index in [1.165, 1.54) is 11.8 Å². The normalized spacial score (nSPS) is 16.4. The van der Waals surface area contributed by atoms with Crippen LogP contribution in [0.5, 0.6) is 0 Å². The Bertz CT molecular complexity index is 550. The van der Waals surface area contributed by atoms with E-state index in [1.54, 1.807) is 0 Å². The number of carboxylic acid groups (broad SMARTS) is 1. The molecule has 0 radical (unpaired) electrons. The molecular formula is C14H14F3NO3. The number of aliphatic carboxylic acids is 1. The van der Waals surface area contributed by atoms with Crippen LogP contribution in [0.2, 0.25) is 0 Å². The van der Waals surface area contributed by atoms with Gasteiger partial charge in [-0.25, -0.2) is 4.79 Å². The Kier molecular flexibility index (Phi) is 3.93. The highest BCUT2D eigenvalue weighted by atomic mass is 19.4. The van der Waals surface area contributed by atoms with Crippen LogP contribution < -0.4 is 0 Å². The molecule has 1 aromatic carbocycles. The molecule has 0 aliphatic heterocycles. The van der Waals surface area contributed by atoms with Crippen LogP contribution >= 0.6 is 0 Å². The lowest BCUT2D eigenvalue weighted by Crippen LogP contribution is -2.39. The van der Waals surface area contributed by atoms with E-state index in [-0.39, 0.29) is 11.6 Å². The summed E-state index contributed by atoms with van der Waals surface area (Å²) in [6.45, 7) is 1.26. The van der Waals surface area contributed by atoms with Crippen LogP contribution in [-0.2, 0) is 15.8 Å². The SMILES string of the molecule is CC(=O)N(C1CC1)C(C(=O)O)c1ccc(C(F)(F)F)cc1. The number of nitrogens with zero attached hydrogens (tertiary/aromatic N) is 1. The number of hydrogen-bond donors (Lipinski definition) is 1. The molecule has 0 aromatic heterocycles. The standard InChI is InChI=1S/C14H14F3NO3/c1-8(19)18(11-6-7-11)12(13(20)21)9-2-4-10(5-3-9)14(15,16)17/h2-5,11-12H,6-7H2,1H3,(H,20,21). The van der Waals surface area contributed by atoms with Gasteiger partial charge in [-0.1, -0.05) is 12.1 Å². The maximum atomic E-state index is 12.5. The van der Waals surface area contributed by atoms with Crippen LogP contribution in [0.1, 0.15) is 36.9 Å². The molecule has 0 heterocycles. The third kappa shape index (κ3) is 3.34. The number of alkyl halides is 3. The van der Waals surface area contributed by atoms with Crippen LogP contribution in [0.3, 0.4) is 0 Å². The first-order valence-corrected chi connectivity index (χ1v) is 6.40. The largest absolute Gasteiger partial charge is 0.479 e. The Labute approximate surface area is 119 Å². The highest BCUT2D eigenvalue weighted by Crippen LogP contribution is 2.36. The van der Waals surface area contributed by atoms with Gasteiger partial charge in [-0.2, -0.15) is 13.2 Å². The second kappa shape index (κ2) is 5.38. The Morgan fingerprint density at radius 3 is 2.10 bits per heavy atom. The lowest BCUT2D eigenvalue weighted by atomic mass is 10.0. The molecular weight excluding hydrogens is 287 g/mol. The van der Waals surface area contributed by atoms with Crippen LogP contribution in [0, 0.1) is 0 Å². The number of amides is 1. The minimum atomic E-state index is -4.48. The zero-order valence-electron chi connectivity index (χ0n) is 11.2. The molecule has 0 saturated heterocycles. The second-order valence-corrected chi connectivity index (χ2v) is 5.02. The first-order valence-electron chi connectivity index (χ1n) is 6.40. The van der Waals surface area contributed by atoms with Crippen molar-refractivity contribution in [3.05, 3.63) is 35.4 Å². The van der Waals surface area contributed by atoms with Gasteiger partial charge in [-0.15, -0.1) is 0 Å².